The molecule has 2 aromatic carbocycles. The minimum Gasteiger partial charge on any atom is -0.493 e. The van der Waals surface area contributed by atoms with Crippen LogP contribution in [0, 0.1) is 0 Å². The summed E-state index contributed by atoms with van der Waals surface area (Å²) in [7, 11) is 0.465. The molecule has 128 valence electrons. The fourth-order valence-electron chi connectivity index (χ4n) is 2.13. The van der Waals surface area contributed by atoms with Gasteiger partial charge >= 0.3 is 0 Å². The third kappa shape index (κ3) is 4.83. The van der Waals surface area contributed by atoms with Crippen molar-refractivity contribution in [3.63, 3.8) is 0 Å². The van der Waals surface area contributed by atoms with Crippen LogP contribution in [0.2, 0.25) is 0 Å². The Kier molecular flexibility index (Phi) is 6.37. The highest BCUT2D eigenvalue weighted by molar-refractivity contribution is 7.84. The predicted molar refractivity (Wildman–Crippen MR) is 94.2 cm³/mol. The number of carbonyl (C=O) groups excluding carboxylic acids is 1. The molecule has 0 heterocycles. The fourth-order valence-corrected chi connectivity index (χ4v) is 2.69. The van der Waals surface area contributed by atoms with Crippen LogP contribution >= 0.6 is 0 Å². The number of nitrogens with one attached hydrogen (secondary N) is 1. The van der Waals surface area contributed by atoms with Gasteiger partial charge in [0.2, 0.25) is 0 Å². The lowest BCUT2D eigenvalue weighted by Crippen LogP contribution is -2.33. The molecule has 0 saturated carbocycles. The van der Waals surface area contributed by atoms with E-state index in [1.54, 1.807) is 37.6 Å². The number of hydrogen-bond acceptors (Lipinski definition) is 4. The summed E-state index contributed by atoms with van der Waals surface area (Å²) >= 11 is 0. The van der Waals surface area contributed by atoms with Crippen molar-refractivity contribution in [2.24, 2.45) is 0 Å². The topological polar surface area (TPSA) is 64.6 Å². The number of carbonyl (C=O) groups is 1. The Morgan fingerprint density at radius 3 is 2.54 bits per heavy atom. The molecule has 0 saturated heterocycles. The molecule has 1 amide bonds. The van der Waals surface area contributed by atoms with Crippen LogP contribution in [-0.4, -0.2) is 36.1 Å². The summed E-state index contributed by atoms with van der Waals surface area (Å²) in [6, 6.07) is 14.1. The molecular weight excluding hydrogens is 326 g/mol. The lowest BCUT2D eigenvalue weighted by Gasteiger charge is -2.17. The second-order valence-corrected chi connectivity index (χ2v) is 6.65. The largest absolute Gasteiger partial charge is 0.493 e. The van der Waals surface area contributed by atoms with Gasteiger partial charge in [0.05, 0.1) is 13.7 Å². The Bertz CT molecular complexity index is 732. The van der Waals surface area contributed by atoms with Crippen molar-refractivity contribution in [3.8, 4) is 11.5 Å². The highest BCUT2D eigenvalue weighted by Crippen LogP contribution is 2.26. The van der Waals surface area contributed by atoms with Gasteiger partial charge in [0.1, 0.15) is 6.10 Å². The third-order valence-corrected chi connectivity index (χ3v) is 4.29. The van der Waals surface area contributed by atoms with E-state index in [9.17, 15) is 9.00 Å². The average Bonchev–Trinajstić information content (AvgIpc) is 2.60. The van der Waals surface area contributed by atoms with Gasteiger partial charge in [-0.1, -0.05) is 18.2 Å². The highest BCUT2D eigenvalue weighted by atomic mass is 32.2. The first-order valence-electron chi connectivity index (χ1n) is 7.52. The molecule has 0 aliphatic rings. The van der Waals surface area contributed by atoms with Gasteiger partial charge in [-0.15, -0.1) is 0 Å². The minimum absolute atomic E-state index is 0.224. The summed E-state index contributed by atoms with van der Waals surface area (Å²) in [5.74, 6) is 1.05. The zero-order chi connectivity index (χ0) is 17.5. The van der Waals surface area contributed by atoms with Crippen LogP contribution in [0.1, 0.15) is 17.3 Å². The number of methoxy groups -OCH3 is 1. The van der Waals surface area contributed by atoms with Crippen molar-refractivity contribution in [2.45, 2.75) is 17.9 Å². The Labute approximate surface area is 144 Å². The summed E-state index contributed by atoms with van der Waals surface area (Å²) < 4.78 is 22.5. The fraction of sp³-hybridized carbons (Fsp3) is 0.278. The monoisotopic (exact) mass is 347 g/mol. The van der Waals surface area contributed by atoms with Gasteiger partial charge in [-0.2, -0.15) is 0 Å². The van der Waals surface area contributed by atoms with E-state index in [0.717, 1.165) is 0 Å². The maximum atomic E-state index is 12.2. The second kappa shape index (κ2) is 8.49. The van der Waals surface area contributed by atoms with Crippen LogP contribution in [0.15, 0.2) is 53.4 Å². The maximum absolute atomic E-state index is 12.2. The molecule has 6 heteroatoms. The van der Waals surface area contributed by atoms with Gasteiger partial charge in [0, 0.05) is 27.5 Å². The van der Waals surface area contributed by atoms with Crippen LogP contribution in [0.3, 0.4) is 0 Å². The first-order chi connectivity index (χ1) is 11.5. The summed E-state index contributed by atoms with van der Waals surface area (Å²) in [6.07, 6.45) is 1.36. The maximum Gasteiger partial charge on any atom is 0.251 e. The molecule has 24 heavy (non-hydrogen) atoms. The number of para-hydroxylation sites is 2. The minimum atomic E-state index is -1.12. The number of benzene rings is 2. The quantitative estimate of drug-likeness (QED) is 0.836. The van der Waals surface area contributed by atoms with Crippen molar-refractivity contribution in [1.29, 1.82) is 0 Å². The van der Waals surface area contributed by atoms with Crippen LogP contribution in [0.4, 0.5) is 0 Å². The SMILES string of the molecule is COc1ccccc1OC(C)CNC(=O)c1cccc(S(C)=O)c1. The molecule has 2 rings (SSSR count). The van der Waals surface area contributed by atoms with E-state index in [1.165, 1.54) is 0 Å². The number of rotatable bonds is 7. The third-order valence-electron chi connectivity index (χ3n) is 3.38. The van der Waals surface area contributed by atoms with Crippen molar-refractivity contribution >= 4 is 16.7 Å². The molecule has 0 fully saturated rings. The lowest BCUT2D eigenvalue weighted by molar-refractivity contribution is 0.0931. The van der Waals surface area contributed by atoms with Crippen molar-refractivity contribution < 1.29 is 18.5 Å². The van der Waals surface area contributed by atoms with E-state index >= 15 is 0 Å². The molecule has 0 aliphatic carbocycles. The molecule has 0 aliphatic heterocycles. The molecule has 0 radical (unpaired) electrons. The molecule has 2 unspecified atom stereocenters. The van der Waals surface area contributed by atoms with Crippen molar-refractivity contribution in [2.75, 3.05) is 19.9 Å². The zero-order valence-corrected chi connectivity index (χ0v) is 14.8. The Balaban J connectivity index is 1.94. The van der Waals surface area contributed by atoms with E-state index in [4.69, 9.17) is 9.47 Å². The van der Waals surface area contributed by atoms with E-state index < -0.39 is 10.8 Å². The summed E-state index contributed by atoms with van der Waals surface area (Å²) in [5.41, 5.74) is 0.479. The average molecular weight is 347 g/mol. The summed E-state index contributed by atoms with van der Waals surface area (Å²) in [6.45, 7) is 2.21. The van der Waals surface area contributed by atoms with Crippen LogP contribution < -0.4 is 14.8 Å². The smallest absolute Gasteiger partial charge is 0.251 e. The number of hydrogen-bond donors (Lipinski definition) is 1. The Hall–Kier alpha value is -2.34. The molecule has 1 N–H and O–H groups in total. The normalized spacial score (nSPS) is 13.0. The number of ether oxygens (including phenoxy) is 2. The molecular formula is C18H21NO4S. The van der Waals surface area contributed by atoms with E-state index in [1.807, 2.05) is 31.2 Å². The first-order valence-corrected chi connectivity index (χ1v) is 9.08. The van der Waals surface area contributed by atoms with Crippen LogP contribution in [0.5, 0.6) is 11.5 Å². The van der Waals surface area contributed by atoms with Gasteiger partial charge in [-0.3, -0.25) is 9.00 Å². The predicted octanol–water partition coefficient (Wildman–Crippen LogP) is 2.63. The van der Waals surface area contributed by atoms with E-state index in [0.29, 0.717) is 28.5 Å². The van der Waals surface area contributed by atoms with Gasteiger partial charge < -0.3 is 14.8 Å². The van der Waals surface area contributed by atoms with E-state index in [-0.39, 0.29) is 12.0 Å². The standard InChI is InChI=1S/C18H21NO4S/c1-13(23-17-10-5-4-9-16(17)22-2)12-19-18(20)14-7-6-8-15(11-14)24(3)21/h4-11,13H,12H2,1-3H3,(H,19,20). The lowest BCUT2D eigenvalue weighted by atomic mass is 10.2. The van der Waals surface area contributed by atoms with Gasteiger partial charge in [-0.05, 0) is 37.3 Å². The highest BCUT2D eigenvalue weighted by Gasteiger charge is 2.12. The first kappa shape index (κ1) is 18.0. The van der Waals surface area contributed by atoms with Gasteiger partial charge in [0.25, 0.3) is 5.91 Å². The second-order valence-electron chi connectivity index (χ2n) is 5.27. The Morgan fingerprint density at radius 1 is 1.17 bits per heavy atom. The molecule has 2 aromatic rings. The number of amides is 1. The molecule has 2 atom stereocenters. The van der Waals surface area contributed by atoms with Gasteiger partial charge in [0.15, 0.2) is 11.5 Å². The summed E-state index contributed by atoms with van der Waals surface area (Å²) in [4.78, 5) is 12.8. The van der Waals surface area contributed by atoms with Crippen LogP contribution in [-0.2, 0) is 10.8 Å². The van der Waals surface area contributed by atoms with Crippen LogP contribution in [0.25, 0.3) is 0 Å². The van der Waals surface area contributed by atoms with Crippen molar-refractivity contribution in [1.82, 2.24) is 5.32 Å². The Morgan fingerprint density at radius 2 is 1.88 bits per heavy atom. The molecule has 0 bridgehead atoms. The molecule has 5 nitrogen and oxygen atoms in total. The summed E-state index contributed by atoms with van der Waals surface area (Å²) in [5, 5.41) is 2.82. The molecule has 0 aromatic heterocycles. The van der Waals surface area contributed by atoms with Gasteiger partial charge in [-0.25, -0.2) is 0 Å². The zero-order valence-electron chi connectivity index (χ0n) is 13.9. The van der Waals surface area contributed by atoms with Crippen molar-refractivity contribution in [3.05, 3.63) is 54.1 Å². The molecule has 0 spiro atoms. The van der Waals surface area contributed by atoms with E-state index in [2.05, 4.69) is 5.32 Å².